The molecule has 0 aromatic rings. The second kappa shape index (κ2) is 2.90. The summed E-state index contributed by atoms with van der Waals surface area (Å²) in [6, 6.07) is -0.170. The molecule has 0 saturated carbocycles. The molecule has 0 spiro atoms. The third-order valence-corrected chi connectivity index (χ3v) is 2.43. The number of fused-ring (bicyclic) bond motifs is 1. The molecule has 4 heteroatoms. The molecule has 1 unspecified atom stereocenters. The molecule has 1 aliphatic heterocycles. The maximum absolute atomic E-state index is 11.1. The molecule has 1 heterocycles. The van der Waals surface area contributed by atoms with Gasteiger partial charge in [-0.1, -0.05) is 6.08 Å². The molecule has 1 atom stereocenters. The Bertz CT molecular complexity index is 427. The first-order valence-electron chi connectivity index (χ1n) is 4.41. The lowest BCUT2D eigenvalue weighted by Crippen LogP contribution is -2.34. The van der Waals surface area contributed by atoms with Crippen LogP contribution < -0.4 is 5.73 Å². The number of nitrogens with two attached hydrogens (primary N) is 1. The smallest absolute Gasteiger partial charge is 0.312 e. The van der Waals surface area contributed by atoms with Crippen molar-refractivity contribution in [2.24, 2.45) is 15.7 Å². The molecule has 4 nitrogen and oxygen atoms in total. The summed E-state index contributed by atoms with van der Waals surface area (Å²) in [5, 5.41) is 0. The number of nitrogens with zero attached hydrogens (tertiary/aromatic N) is 2. The molecule has 0 radical (unpaired) electrons. The van der Waals surface area contributed by atoms with Gasteiger partial charge in [0.15, 0.2) is 5.84 Å². The number of aliphatic imine (C=N–C) groups is 2. The fourth-order valence-corrected chi connectivity index (χ4v) is 1.46. The van der Waals surface area contributed by atoms with Gasteiger partial charge in [-0.15, -0.1) is 0 Å². The van der Waals surface area contributed by atoms with Crippen LogP contribution in [0.2, 0.25) is 0 Å². The Balaban J connectivity index is 2.45. The van der Waals surface area contributed by atoms with E-state index in [1.165, 1.54) is 0 Å². The number of carbonyl (C=O) groups excluding carboxylic acids is 1. The Hall–Kier alpha value is -1.71. The second-order valence-corrected chi connectivity index (χ2v) is 3.48. The van der Waals surface area contributed by atoms with Crippen LogP contribution in [0, 0.1) is 0 Å². The van der Waals surface area contributed by atoms with Crippen molar-refractivity contribution < 1.29 is 4.79 Å². The summed E-state index contributed by atoms with van der Waals surface area (Å²) in [5.74, 6) is -0.441. The quantitative estimate of drug-likeness (QED) is 0.606. The molecule has 1 amide bonds. The van der Waals surface area contributed by atoms with E-state index in [1.807, 2.05) is 26.0 Å². The fourth-order valence-electron chi connectivity index (χ4n) is 1.46. The summed E-state index contributed by atoms with van der Waals surface area (Å²) < 4.78 is 0. The average molecular weight is 189 g/mol. The molecule has 0 aromatic heterocycles. The molecule has 2 aliphatic rings. The van der Waals surface area contributed by atoms with E-state index in [-0.39, 0.29) is 11.9 Å². The molecule has 2 N–H and O–H groups in total. The number of allylic oxidation sites excluding steroid dienone is 2. The van der Waals surface area contributed by atoms with Crippen LogP contribution in [0.15, 0.2) is 33.3 Å². The number of hydrogen-bond acceptors (Lipinski definition) is 3. The van der Waals surface area contributed by atoms with Crippen LogP contribution >= 0.6 is 0 Å². The van der Waals surface area contributed by atoms with E-state index in [9.17, 15) is 4.79 Å². The van der Waals surface area contributed by atoms with Crippen LogP contribution in [0.1, 0.15) is 13.8 Å². The zero-order valence-electron chi connectivity index (χ0n) is 8.11. The molecule has 2 rings (SSSR count). The van der Waals surface area contributed by atoms with Gasteiger partial charge in [-0.3, -0.25) is 4.79 Å². The highest BCUT2D eigenvalue weighted by molar-refractivity contribution is 6.41. The number of amidine groups is 1. The largest absolute Gasteiger partial charge is 0.379 e. The number of hydrogen-bond donors (Lipinski definition) is 1. The molecule has 0 bridgehead atoms. The number of amides is 1. The molecule has 0 aromatic carbocycles. The Labute approximate surface area is 81.9 Å². The molecule has 1 aliphatic carbocycles. The van der Waals surface area contributed by atoms with Crippen molar-refractivity contribution >= 4 is 17.5 Å². The Morgan fingerprint density at radius 2 is 2.07 bits per heavy atom. The lowest BCUT2D eigenvalue weighted by molar-refractivity contribution is -0.112. The fraction of sp³-hybridized carbons (Fsp3) is 0.300. The van der Waals surface area contributed by atoms with Crippen LogP contribution in [-0.2, 0) is 4.79 Å². The van der Waals surface area contributed by atoms with Crippen molar-refractivity contribution in [3.8, 4) is 0 Å². The third kappa shape index (κ3) is 1.28. The summed E-state index contributed by atoms with van der Waals surface area (Å²) in [5.41, 5.74) is 8.36. The van der Waals surface area contributed by atoms with Crippen LogP contribution in [0.3, 0.4) is 0 Å². The predicted octanol–water partition coefficient (Wildman–Crippen LogP) is 0.600. The van der Waals surface area contributed by atoms with E-state index in [2.05, 4.69) is 9.98 Å². The minimum atomic E-state index is -0.437. The Kier molecular flexibility index (Phi) is 1.84. The summed E-state index contributed by atoms with van der Waals surface area (Å²) in [6.45, 7) is 3.99. The predicted molar refractivity (Wildman–Crippen MR) is 55.4 cm³/mol. The van der Waals surface area contributed by atoms with Gasteiger partial charge in [0, 0.05) is 0 Å². The molecule has 14 heavy (non-hydrogen) atoms. The number of carbonyl (C=O) groups is 1. The number of rotatable bonds is 0. The van der Waals surface area contributed by atoms with E-state index in [0.717, 1.165) is 11.1 Å². The first-order valence-corrected chi connectivity index (χ1v) is 4.41. The van der Waals surface area contributed by atoms with Crippen molar-refractivity contribution in [1.29, 1.82) is 0 Å². The van der Waals surface area contributed by atoms with Gasteiger partial charge < -0.3 is 5.73 Å². The zero-order chi connectivity index (χ0) is 10.3. The summed E-state index contributed by atoms with van der Waals surface area (Å²) in [7, 11) is 0. The molecule has 0 saturated heterocycles. The van der Waals surface area contributed by atoms with Gasteiger partial charge in [0.1, 0.15) is 6.04 Å². The lowest BCUT2D eigenvalue weighted by atomic mass is 9.95. The second-order valence-electron chi connectivity index (χ2n) is 3.48. The standard InChI is InChI=1S/C10H11N3O/c1-5-3-7-8(4-6(5)2)13-10(14)9(11)12-7/h3-4,7H,1-2H3,(H2,11,12). The van der Waals surface area contributed by atoms with Crippen LogP contribution in [-0.4, -0.2) is 23.5 Å². The third-order valence-electron chi connectivity index (χ3n) is 2.43. The van der Waals surface area contributed by atoms with E-state index in [1.54, 1.807) is 0 Å². The highest BCUT2D eigenvalue weighted by atomic mass is 16.1. The zero-order valence-corrected chi connectivity index (χ0v) is 8.11. The maximum atomic E-state index is 11.1. The summed E-state index contributed by atoms with van der Waals surface area (Å²) >= 11 is 0. The SMILES string of the molecule is CC1=CC2=NC(=O)C(N)=NC2C=C1C. The molecule has 72 valence electrons. The summed E-state index contributed by atoms with van der Waals surface area (Å²) in [6.07, 6.45) is 3.85. The molecule has 0 fully saturated rings. The first kappa shape index (κ1) is 8.87. The van der Waals surface area contributed by atoms with Crippen LogP contribution in [0.5, 0.6) is 0 Å². The maximum Gasteiger partial charge on any atom is 0.312 e. The minimum absolute atomic E-state index is 0.00393. The van der Waals surface area contributed by atoms with Gasteiger partial charge in [-0.25, -0.2) is 9.98 Å². The van der Waals surface area contributed by atoms with Gasteiger partial charge in [-0.05, 0) is 31.1 Å². The Morgan fingerprint density at radius 3 is 2.79 bits per heavy atom. The first-order chi connectivity index (χ1) is 6.58. The van der Waals surface area contributed by atoms with Crippen LogP contribution in [0.4, 0.5) is 0 Å². The molecular formula is C10H11N3O. The highest BCUT2D eigenvalue weighted by Crippen LogP contribution is 2.20. The summed E-state index contributed by atoms with van der Waals surface area (Å²) in [4.78, 5) is 19.1. The average Bonchev–Trinajstić information content (AvgIpc) is 2.11. The van der Waals surface area contributed by atoms with Crippen molar-refractivity contribution in [2.45, 2.75) is 19.9 Å². The van der Waals surface area contributed by atoms with E-state index in [0.29, 0.717) is 5.71 Å². The van der Waals surface area contributed by atoms with Gasteiger partial charge >= 0.3 is 5.91 Å². The van der Waals surface area contributed by atoms with E-state index in [4.69, 9.17) is 5.73 Å². The van der Waals surface area contributed by atoms with Gasteiger partial charge in [0.25, 0.3) is 0 Å². The van der Waals surface area contributed by atoms with E-state index >= 15 is 0 Å². The van der Waals surface area contributed by atoms with Crippen molar-refractivity contribution in [3.05, 3.63) is 23.3 Å². The monoisotopic (exact) mass is 189 g/mol. The molecular weight excluding hydrogens is 178 g/mol. The van der Waals surface area contributed by atoms with Crippen molar-refractivity contribution in [1.82, 2.24) is 0 Å². The normalized spacial score (nSPS) is 25.9. The van der Waals surface area contributed by atoms with Crippen LogP contribution in [0.25, 0.3) is 0 Å². The van der Waals surface area contributed by atoms with E-state index < -0.39 is 5.91 Å². The lowest BCUT2D eigenvalue weighted by Gasteiger charge is -2.19. The van der Waals surface area contributed by atoms with Crippen molar-refractivity contribution in [2.75, 3.05) is 0 Å². The highest BCUT2D eigenvalue weighted by Gasteiger charge is 2.23. The topological polar surface area (TPSA) is 67.8 Å². The van der Waals surface area contributed by atoms with Gasteiger partial charge in [-0.2, -0.15) is 0 Å². The van der Waals surface area contributed by atoms with Gasteiger partial charge in [0.2, 0.25) is 0 Å². The Morgan fingerprint density at radius 1 is 1.36 bits per heavy atom. The van der Waals surface area contributed by atoms with Crippen molar-refractivity contribution in [3.63, 3.8) is 0 Å². The van der Waals surface area contributed by atoms with Gasteiger partial charge in [0.05, 0.1) is 5.71 Å². The minimum Gasteiger partial charge on any atom is -0.379 e.